The van der Waals surface area contributed by atoms with Gasteiger partial charge in [0.1, 0.15) is 18.2 Å². The Kier molecular flexibility index (Phi) is 7.00. The highest BCUT2D eigenvalue weighted by Crippen LogP contribution is 2.28. The van der Waals surface area contributed by atoms with Gasteiger partial charge in [-0.15, -0.1) is 0 Å². The molecule has 138 valence electrons. The van der Waals surface area contributed by atoms with E-state index in [1.807, 2.05) is 6.07 Å². The van der Waals surface area contributed by atoms with Gasteiger partial charge in [0, 0.05) is 13.2 Å². The van der Waals surface area contributed by atoms with Gasteiger partial charge < -0.3 is 29.4 Å². The first-order valence-electron chi connectivity index (χ1n) is 8.05. The van der Waals surface area contributed by atoms with Crippen LogP contribution in [0.3, 0.4) is 0 Å². The highest BCUT2D eigenvalue weighted by Gasteiger charge is 2.17. The predicted molar refractivity (Wildman–Crippen MR) is 89.1 cm³/mol. The smallest absolute Gasteiger partial charge is 0.262 e. The zero-order valence-corrected chi connectivity index (χ0v) is 14.3. The van der Waals surface area contributed by atoms with Crippen LogP contribution in [-0.4, -0.2) is 44.8 Å². The number of ether oxygens (including phenoxy) is 3. The van der Waals surface area contributed by atoms with E-state index in [1.165, 1.54) is 25.3 Å². The number of nitrogens with zero attached hydrogens (tertiary/aromatic N) is 1. The molecule has 1 amide bonds. The molecule has 2 rings (SSSR count). The number of benzene rings is 1. The Hall–Kier alpha value is -3.05. The van der Waals surface area contributed by atoms with E-state index < -0.39 is 18.5 Å². The minimum absolute atomic E-state index is 0.0147. The Morgan fingerprint density at radius 1 is 1.46 bits per heavy atom. The number of carbonyl (C=O) groups is 2. The normalized spacial score (nSPS) is 16.6. The van der Waals surface area contributed by atoms with E-state index in [0.717, 1.165) is 12.8 Å². The molecule has 1 saturated heterocycles. The maximum absolute atomic E-state index is 12.1. The molecule has 1 aromatic carbocycles. The van der Waals surface area contributed by atoms with Crippen molar-refractivity contribution in [3.05, 3.63) is 29.3 Å². The monoisotopic (exact) mass is 359 g/mol. The van der Waals surface area contributed by atoms with Gasteiger partial charge in [0.25, 0.3) is 5.91 Å². The average molecular weight is 359 g/mol. The maximum Gasteiger partial charge on any atom is 0.262 e. The lowest BCUT2D eigenvalue weighted by molar-refractivity contribution is -0.307. The number of carbonyl (C=O) groups excluding carboxylic acids is 2. The fraction of sp³-hybridized carbons (Fsp3) is 0.389. The molecule has 8 nitrogen and oxygen atoms in total. The number of carboxylic acid groups (broad SMARTS) is 1. The van der Waals surface area contributed by atoms with E-state index in [1.54, 1.807) is 6.07 Å². The van der Waals surface area contributed by atoms with Crippen molar-refractivity contribution in [2.75, 3.05) is 26.9 Å². The third kappa shape index (κ3) is 5.50. The quantitative estimate of drug-likeness (QED) is 0.513. The SMILES string of the molecule is COc1cc(/C=C(/C#N)C(=O)NC[C@H]2CCCO2)ccc1OCC(=O)[O-]. The summed E-state index contributed by atoms with van der Waals surface area (Å²) < 4.78 is 15.6. The predicted octanol–water partition coefficient (Wildman–Crippen LogP) is 0.0261. The average Bonchev–Trinajstić information content (AvgIpc) is 3.16. The van der Waals surface area contributed by atoms with Crippen molar-refractivity contribution in [3.8, 4) is 17.6 Å². The van der Waals surface area contributed by atoms with Gasteiger partial charge in [-0.25, -0.2) is 0 Å². The largest absolute Gasteiger partial charge is 0.546 e. The Labute approximate surface area is 151 Å². The minimum atomic E-state index is -1.36. The topological polar surface area (TPSA) is 121 Å². The molecule has 0 aromatic heterocycles. The van der Waals surface area contributed by atoms with Gasteiger partial charge in [-0.05, 0) is 36.6 Å². The van der Waals surface area contributed by atoms with Crippen LogP contribution in [0.4, 0.5) is 0 Å². The van der Waals surface area contributed by atoms with Gasteiger partial charge >= 0.3 is 0 Å². The number of nitrogens with one attached hydrogen (secondary N) is 1. The molecule has 1 fully saturated rings. The van der Waals surface area contributed by atoms with Gasteiger partial charge in [0.15, 0.2) is 11.5 Å². The van der Waals surface area contributed by atoms with E-state index >= 15 is 0 Å². The number of hydrogen-bond donors (Lipinski definition) is 1. The van der Waals surface area contributed by atoms with Crippen LogP contribution in [0.2, 0.25) is 0 Å². The molecule has 1 aliphatic rings. The molecule has 0 radical (unpaired) electrons. The molecule has 1 N–H and O–H groups in total. The number of rotatable bonds is 8. The molecular weight excluding hydrogens is 340 g/mol. The molecule has 0 saturated carbocycles. The maximum atomic E-state index is 12.1. The van der Waals surface area contributed by atoms with Crippen molar-refractivity contribution < 1.29 is 28.9 Å². The third-order valence-corrected chi connectivity index (χ3v) is 3.72. The van der Waals surface area contributed by atoms with E-state index in [4.69, 9.17) is 14.2 Å². The zero-order chi connectivity index (χ0) is 18.9. The molecule has 1 aromatic rings. The summed E-state index contributed by atoms with van der Waals surface area (Å²) in [7, 11) is 1.40. The molecule has 26 heavy (non-hydrogen) atoms. The number of methoxy groups -OCH3 is 1. The number of hydrogen-bond acceptors (Lipinski definition) is 7. The lowest BCUT2D eigenvalue weighted by Crippen LogP contribution is -2.32. The van der Waals surface area contributed by atoms with Crippen LogP contribution >= 0.6 is 0 Å². The van der Waals surface area contributed by atoms with E-state index in [0.29, 0.717) is 18.7 Å². The molecule has 0 bridgehead atoms. The summed E-state index contributed by atoms with van der Waals surface area (Å²) in [5.74, 6) is -1.35. The summed E-state index contributed by atoms with van der Waals surface area (Å²) in [6.07, 6.45) is 3.25. The third-order valence-electron chi connectivity index (χ3n) is 3.72. The molecule has 8 heteroatoms. The standard InChI is InChI=1S/C18H20N2O6/c1-24-16-8-12(4-5-15(16)26-11-17(21)22)7-13(9-19)18(23)20-10-14-3-2-6-25-14/h4-5,7-8,14H,2-3,6,10-11H2,1H3,(H,20,23)(H,21,22)/p-1/b13-7-/t14-/m1/s1. The van der Waals surface area contributed by atoms with Gasteiger partial charge in [0.2, 0.25) is 0 Å². The van der Waals surface area contributed by atoms with Crippen LogP contribution in [0, 0.1) is 11.3 Å². The first-order chi connectivity index (χ1) is 12.5. The molecule has 0 aliphatic carbocycles. The van der Waals surface area contributed by atoms with E-state index in [2.05, 4.69) is 5.32 Å². The van der Waals surface area contributed by atoms with E-state index in [9.17, 15) is 20.0 Å². The van der Waals surface area contributed by atoms with Crippen LogP contribution < -0.4 is 19.9 Å². The Bertz CT molecular complexity index is 732. The van der Waals surface area contributed by atoms with Crippen LogP contribution in [-0.2, 0) is 14.3 Å². The molecular formula is C18H19N2O6-. The van der Waals surface area contributed by atoms with Crippen molar-refractivity contribution >= 4 is 18.0 Å². The van der Waals surface area contributed by atoms with Gasteiger partial charge in [-0.3, -0.25) is 4.79 Å². The lowest BCUT2D eigenvalue weighted by atomic mass is 10.1. The van der Waals surface area contributed by atoms with Gasteiger partial charge in [-0.1, -0.05) is 6.07 Å². The Morgan fingerprint density at radius 2 is 2.27 bits per heavy atom. The number of aliphatic carboxylic acids is 1. The van der Waals surface area contributed by atoms with Crippen molar-refractivity contribution in [1.29, 1.82) is 5.26 Å². The second-order valence-corrected chi connectivity index (χ2v) is 5.59. The van der Waals surface area contributed by atoms with Crippen molar-refractivity contribution in [2.24, 2.45) is 0 Å². The van der Waals surface area contributed by atoms with E-state index in [-0.39, 0.29) is 23.2 Å². The zero-order valence-electron chi connectivity index (χ0n) is 14.3. The molecule has 1 aliphatic heterocycles. The fourth-order valence-corrected chi connectivity index (χ4v) is 2.45. The van der Waals surface area contributed by atoms with Crippen molar-refractivity contribution in [1.82, 2.24) is 5.32 Å². The highest BCUT2D eigenvalue weighted by atomic mass is 16.5. The second kappa shape index (κ2) is 9.44. The van der Waals surface area contributed by atoms with Crippen molar-refractivity contribution in [2.45, 2.75) is 18.9 Å². The molecule has 1 heterocycles. The number of carboxylic acids is 1. The summed E-state index contributed by atoms with van der Waals surface area (Å²) in [6, 6.07) is 6.48. The number of nitriles is 1. The Balaban J connectivity index is 2.07. The summed E-state index contributed by atoms with van der Waals surface area (Å²) in [6.45, 7) is 0.436. The number of amides is 1. The summed E-state index contributed by atoms with van der Waals surface area (Å²) in [4.78, 5) is 22.6. The van der Waals surface area contributed by atoms with Gasteiger partial charge in [-0.2, -0.15) is 5.26 Å². The van der Waals surface area contributed by atoms with Crippen LogP contribution in [0.5, 0.6) is 11.5 Å². The lowest BCUT2D eigenvalue weighted by Gasteiger charge is -2.12. The molecule has 0 unspecified atom stereocenters. The molecule has 1 atom stereocenters. The highest BCUT2D eigenvalue weighted by molar-refractivity contribution is 6.01. The second-order valence-electron chi connectivity index (χ2n) is 5.59. The Morgan fingerprint density at radius 3 is 2.88 bits per heavy atom. The fourth-order valence-electron chi connectivity index (χ4n) is 2.45. The van der Waals surface area contributed by atoms with Crippen molar-refractivity contribution in [3.63, 3.8) is 0 Å². The summed E-state index contributed by atoms with van der Waals surface area (Å²) in [5.41, 5.74) is 0.472. The first kappa shape index (κ1) is 19.3. The van der Waals surface area contributed by atoms with Crippen LogP contribution in [0.25, 0.3) is 6.08 Å². The van der Waals surface area contributed by atoms with Crippen LogP contribution in [0.1, 0.15) is 18.4 Å². The van der Waals surface area contributed by atoms with Gasteiger partial charge in [0.05, 0.1) is 19.2 Å². The van der Waals surface area contributed by atoms with Crippen LogP contribution in [0.15, 0.2) is 23.8 Å². The molecule has 0 spiro atoms. The first-order valence-corrected chi connectivity index (χ1v) is 8.05. The minimum Gasteiger partial charge on any atom is -0.546 e. The summed E-state index contributed by atoms with van der Waals surface area (Å²) in [5, 5.41) is 22.4. The summed E-state index contributed by atoms with van der Waals surface area (Å²) >= 11 is 0.